The van der Waals surface area contributed by atoms with Crippen LogP contribution in [0.1, 0.15) is 22.9 Å². The number of halogens is 1. The summed E-state index contributed by atoms with van der Waals surface area (Å²) in [5.41, 5.74) is 2.35. The van der Waals surface area contributed by atoms with Crippen LogP contribution in [0.25, 0.3) is 11.8 Å². The molecule has 29 heavy (non-hydrogen) atoms. The molecule has 0 spiro atoms. The van der Waals surface area contributed by atoms with Gasteiger partial charge in [-0.2, -0.15) is 0 Å². The minimum Gasteiger partial charge on any atom is -0.493 e. The Kier molecular flexibility index (Phi) is 6.26. The number of hydrogen-bond donors (Lipinski definition) is 2. The SMILES string of the molecule is COc1cccc(C(O)c2cc(Cl)ccc2-n2cccc2C=CC(=O)O)c1OC. The molecule has 2 aromatic carbocycles. The van der Waals surface area contributed by atoms with Gasteiger partial charge in [-0.25, -0.2) is 4.79 Å². The van der Waals surface area contributed by atoms with Crippen LogP contribution < -0.4 is 9.47 Å². The molecule has 150 valence electrons. The third-order valence-corrected chi connectivity index (χ3v) is 4.68. The fraction of sp³-hybridized carbons (Fsp3) is 0.136. The predicted octanol–water partition coefficient (Wildman–Crippen LogP) is 4.33. The molecule has 0 radical (unpaired) electrons. The van der Waals surface area contributed by atoms with Gasteiger partial charge in [0.1, 0.15) is 6.10 Å². The molecule has 0 aliphatic rings. The van der Waals surface area contributed by atoms with Gasteiger partial charge in [-0.05, 0) is 42.5 Å². The van der Waals surface area contributed by atoms with E-state index in [0.29, 0.717) is 39.0 Å². The molecule has 7 heteroatoms. The summed E-state index contributed by atoms with van der Waals surface area (Å²) in [5.74, 6) is -0.124. The second-order valence-electron chi connectivity index (χ2n) is 6.16. The summed E-state index contributed by atoms with van der Waals surface area (Å²) in [6.45, 7) is 0. The number of para-hydroxylation sites is 1. The Morgan fingerprint density at radius 3 is 2.59 bits per heavy atom. The molecule has 6 nitrogen and oxygen atoms in total. The number of aliphatic hydroxyl groups excluding tert-OH is 1. The molecule has 1 atom stereocenters. The molecular weight excluding hydrogens is 394 g/mol. The van der Waals surface area contributed by atoms with Crippen molar-refractivity contribution in [2.24, 2.45) is 0 Å². The first-order valence-electron chi connectivity index (χ1n) is 8.73. The number of carboxylic acid groups (broad SMARTS) is 1. The zero-order chi connectivity index (χ0) is 21.0. The lowest BCUT2D eigenvalue weighted by Gasteiger charge is -2.21. The fourth-order valence-electron chi connectivity index (χ4n) is 3.16. The highest BCUT2D eigenvalue weighted by Crippen LogP contribution is 2.39. The predicted molar refractivity (Wildman–Crippen MR) is 111 cm³/mol. The monoisotopic (exact) mass is 413 g/mol. The van der Waals surface area contributed by atoms with Crippen molar-refractivity contribution in [3.05, 3.63) is 82.6 Å². The molecule has 1 unspecified atom stereocenters. The van der Waals surface area contributed by atoms with Crippen LogP contribution in [0, 0.1) is 0 Å². The summed E-state index contributed by atoms with van der Waals surface area (Å²) in [4.78, 5) is 10.9. The highest BCUT2D eigenvalue weighted by Gasteiger charge is 2.22. The van der Waals surface area contributed by atoms with Gasteiger partial charge in [-0.1, -0.05) is 23.7 Å². The molecule has 2 N–H and O–H groups in total. The number of methoxy groups -OCH3 is 2. The molecular formula is C22H20ClNO5. The van der Waals surface area contributed by atoms with Gasteiger partial charge in [0.25, 0.3) is 0 Å². The minimum atomic E-state index is -1.06. The molecule has 3 aromatic rings. The van der Waals surface area contributed by atoms with Crippen molar-refractivity contribution >= 4 is 23.6 Å². The Labute approximate surface area is 173 Å². The number of aliphatic hydroxyl groups is 1. The van der Waals surface area contributed by atoms with E-state index in [1.165, 1.54) is 20.3 Å². The number of aliphatic carboxylic acids is 1. The lowest BCUT2D eigenvalue weighted by molar-refractivity contribution is -0.131. The average Bonchev–Trinajstić information content (AvgIpc) is 3.19. The molecule has 1 aromatic heterocycles. The van der Waals surface area contributed by atoms with Crippen molar-refractivity contribution in [3.63, 3.8) is 0 Å². The lowest BCUT2D eigenvalue weighted by Crippen LogP contribution is -2.08. The van der Waals surface area contributed by atoms with Crippen molar-refractivity contribution in [1.29, 1.82) is 0 Å². The molecule has 0 aliphatic heterocycles. The van der Waals surface area contributed by atoms with Crippen LogP contribution in [0.4, 0.5) is 0 Å². The van der Waals surface area contributed by atoms with Gasteiger partial charge >= 0.3 is 5.97 Å². The molecule has 0 fully saturated rings. The van der Waals surface area contributed by atoms with Gasteiger partial charge in [-0.15, -0.1) is 0 Å². The average molecular weight is 414 g/mol. The van der Waals surface area contributed by atoms with Gasteiger partial charge in [-0.3, -0.25) is 0 Å². The summed E-state index contributed by atoms with van der Waals surface area (Å²) in [6.07, 6.45) is 3.26. The highest BCUT2D eigenvalue weighted by atomic mass is 35.5. The highest BCUT2D eigenvalue weighted by molar-refractivity contribution is 6.30. The number of benzene rings is 2. The molecule has 0 amide bonds. The fourth-order valence-corrected chi connectivity index (χ4v) is 3.35. The van der Waals surface area contributed by atoms with E-state index >= 15 is 0 Å². The van der Waals surface area contributed by atoms with E-state index in [1.807, 2.05) is 0 Å². The smallest absolute Gasteiger partial charge is 0.328 e. The zero-order valence-corrected chi connectivity index (χ0v) is 16.6. The summed E-state index contributed by atoms with van der Waals surface area (Å²) >= 11 is 6.22. The number of aromatic nitrogens is 1. The van der Waals surface area contributed by atoms with Gasteiger partial charge in [0, 0.05) is 34.1 Å². The molecule has 0 saturated heterocycles. The molecule has 1 heterocycles. The molecule has 0 saturated carbocycles. The topological polar surface area (TPSA) is 80.9 Å². The van der Waals surface area contributed by atoms with Gasteiger partial charge in [0.2, 0.25) is 0 Å². The summed E-state index contributed by atoms with van der Waals surface area (Å²) < 4.78 is 12.6. The van der Waals surface area contributed by atoms with Crippen LogP contribution in [-0.2, 0) is 4.79 Å². The second kappa shape index (κ2) is 8.86. The quantitative estimate of drug-likeness (QED) is 0.563. The number of nitrogens with zero attached hydrogens (tertiary/aromatic N) is 1. The maximum atomic E-state index is 11.2. The minimum absolute atomic E-state index is 0.423. The third-order valence-electron chi connectivity index (χ3n) is 4.45. The number of carboxylic acids is 1. The van der Waals surface area contributed by atoms with E-state index in [0.717, 1.165) is 6.08 Å². The number of rotatable bonds is 7. The number of carbonyl (C=O) groups is 1. The van der Waals surface area contributed by atoms with Crippen LogP contribution in [0.3, 0.4) is 0 Å². The van der Waals surface area contributed by atoms with E-state index in [9.17, 15) is 9.90 Å². The Bertz CT molecular complexity index is 1060. The summed E-state index contributed by atoms with van der Waals surface area (Å²) in [5, 5.41) is 20.6. The van der Waals surface area contributed by atoms with Gasteiger partial charge in [0.15, 0.2) is 11.5 Å². The third kappa shape index (κ3) is 4.29. The number of hydrogen-bond acceptors (Lipinski definition) is 4. The van der Waals surface area contributed by atoms with Crippen LogP contribution in [-0.4, -0.2) is 35.0 Å². The van der Waals surface area contributed by atoms with Gasteiger partial charge in [0.05, 0.1) is 19.9 Å². The maximum absolute atomic E-state index is 11.2. The zero-order valence-electron chi connectivity index (χ0n) is 15.9. The first kappa shape index (κ1) is 20.5. The molecule has 0 bridgehead atoms. The van der Waals surface area contributed by atoms with Crippen molar-refractivity contribution in [3.8, 4) is 17.2 Å². The largest absolute Gasteiger partial charge is 0.493 e. The summed E-state index contributed by atoms with van der Waals surface area (Å²) in [6, 6.07) is 14.0. The molecule has 0 aliphatic carbocycles. The van der Waals surface area contributed by atoms with Crippen molar-refractivity contribution < 1.29 is 24.5 Å². The van der Waals surface area contributed by atoms with Crippen LogP contribution >= 0.6 is 11.6 Å². The van der Waals surface area contributed by atoms with E-state index in [-0.39, 0.29) is 0 Å². The van der Waals surface area contributed by atoms with E-state index < -0.39 is 12.1 Å². The standard InChI is InChI=1S/C22H20ClNO5/c1-28-19-7-3-6-16(22(19)29-2)21(27)17-13-14(23)8-10-18(17)24-12-4-5-15(24)9-11-20(25)26/h3-13,21,27H,1-2H3,(H,25,26). The lowest BCUT2D eigenvalue weighted by atomic mass is 9.98. The Morgan fingerprint density at radius 2 is 1.90 bits per heavy atom. The Balaban J connectivity index is 2.15. The van der Waals surface area contributed by atoms with E-state index in [2.05, 4.69) is 0 Å². The maximum Gasteiger partial charge on any atom is 0.328 e. The first-order chi connectivity index (χ1) is 14.0. The summed E-state index contributed by atoms with van der Waals surface area (Å²) in [7, 11) is 3.04. The molecule has 3 rings (SSSR count). The first-order valence-corrected chi connectivity index (χ1v) is 9.11. The van der Waals surface area contributed by atoms with Crippen molar-refractivity contribution in [2.75, 3.05) is 14.2 Å². The normalized spacial score (nSPS) is 12.1. The van der Waals surface area contributed by atoms with Crippen molar-refractivity contribution in [1.82, 2.24) is 4.57 Å². The van der Waals surface area contributed by atoms with E-state index in [4.69, 9.17) is 26.2 Å². The Morgan fingerprint density at radius 1 is 1.10 bits per heavy atom. The van der Waals surface area contributed by atoms with Crippen LogP contribution in [0.2, 0.25) is 5.02 Å². The van der Waals surface area contributed by atoms with Crippen LogP contribution in [0.15, 0.2) is 60.8 Å². The van der Waals surface area contributed by atoms with E-state index in [1.54, 1.807) is 59.3 Å². The number of ether oxygens (including phenoxy) is 2. The van der Waals surface area contributed by atoms with Gasteiger partial charge < -0.3 is 24.3 Å². The Hall–Kier alpha value is -3.22. The van der Waals surface area contributed by atoms with Crippen LogP contribution in [0.5, 0.6) is 11.5 Å². The second-order valence-corrected chi connectivity index (χ2v) is 6.60. The van der Waals surface area contributed by atoms with Crippen molar-refractivity contribution in [2.45, 2.75) is 6.10 Å².